The summed E-state index contributed by atoms with van der Waals surface area (Å²) in [6.07, 6.45) is 6.58. The van der Waals surface area contributed by atoms with Crippen molar-refractivity contribution in [1.82, 2.24) is 5.32 Å². The summed E-state index contributed by atoms with van der Waals surface area (Å²) in [7, 11) is 1.62. The van der Waals surface area contributed by atoms with Gasteiger partial charge in [0.05, 0.1) is 18.1 Å². The quantitative estimate of drug-likeness (QED) is 0.309. The van der Waals surface area contributed by atoms with E-state index in [2.05, 4.69) is 11.2 Å². The number of non-ortho nitro benzene ring substituents is 1. The fourth-order valence-corrected chi connectivity index (χ4v) is 1.71. The molecular weight excluding hydrogens is 272 g/mol. The van der Waals surface area contributed by atoms with E-state index in [9.17, 15) is 10.1 Å². The highest BCUT2D eigenvalue weighted by atomic mass is 16.6. The Labute approximate surface area is 124 Å². The molecule has 0 atom stereocenters. The number of nitrogens with zero attached hydrogens (tertiary/aromatic N) is 1. The lowest BCUT2D eigenvalue weighted by Crippen LogP contribution is -2.19. The number of methoxy groups -OCH3 is 1. The third-order valence-corrected chi connectivity index (χ3v) is 2.78. The van der Waals surface area contributed by atoms with Gasteiger partial charge in [-0.15, -0.1) is 12.3 Å². The highest BCUT2D eigenvalue weighted by molar-refractivity contribution is 5.43. The largest absolute Gasteiger partial charge is 0.493 e. The molecule has 0 bridgehead atoms. The van der Waals surface area contributed by atoms with Crippen LogP contribution in [0.15, 0.2) is 18.2 Å². The van der Waals surface area contributed by atoms with E-state index in [1.807, 2.05) is 0 Å². The Morgan fingerprint density at radius 2 is 2.24 bits per heavy atom. The molecule has 6 nitrogen and oxygen atoms in total. The van der Waals surface area contributed by atoms with Gasteiger partial charge < -0.3 is 14.8 Å². The van der Waals surface area contributed by atoms with Crippen LogP contribution < -0.4 is 10.1 Å². The van der Waals surface area contributed by atoms with Gasteiger partial charge in [0.15, 0.2) is 0 Å². The molecule has 0 aliphatic rings. The van der Waals surface area contributed by atoms with Crippen molar-refractivity contribution in [3.63, 3.8) is 0 Å². The average molecular weight is 292 g/mol. The minimum Gasteiger partial charge on any atom is -0.493 e. The third-order valence-electron chi connectivity index (χ3n) is 2.78. The van der Waals surface area contributed by atoms with Crippen LogP contribution in [0, 0.1) is 22.5 Å². The SMILES string of the molecule is C#CCCCOc1ccc([N+](=O)[O-])cc1CNCCOC. The number of nitro benzene ring substituents is 1. The predicted octanol–water partition coefficient (Wildman–Crippen LogP) is 2.12. The topological polar surface area (TPSA) is 73.6 Å². The summed E-state index contributed by atoms with van der Waals surface area (Å²) in [6, 6.07) is 4.59. The molecule has 0 fully saturated rings. The van der Waals surface area contributed by atoms with Crippen molar-refractivity contribution in [3.05, 3.63) is 33.9 Å². The van der Waals surface area contributed by atoms with Crippen LogP contribution >= 0.6 is 0 Å². The first-order valence-corrected chi connectivity index (χ1v) is 6.72. The van der Waals surface area contributed by atoms with E-state index in [4.69, 9.17) is 15.9 Å². The number of hydrogen-bond acceptors (Lipinski definition) is 5. The summed E-state index contributed by atoms with van der Waals surface area (Å²) in [5.41, 5.74) is 0.801. The molecule has 6 heteroatoms. The predicted molar refractivity (Wildman–Crippen MR) is 80.2 cm³/mol. The molecule has 0 radical (unpaired) electrons. The number of rotatable bonds is 10. The van der Waals surface area contributed by atoms with Crippen LogP contribution in [-0.2, 0) is 11.3 Å². The minimum atomic E-state index is -0.416. The molecule has 1 rings (SSSR count). The molecule has 0 heterocycles. The van der Waals surface area contributed by atoms with Crippen molar-refractivity contribution < 1.29 is 14.4 Å². The fraction of sp³-hybridized carbons (Fsp3) is 0.467. The maximum atomic E-state index is 10.8. The van der Waals surface area contributed by atoms with Crippen LogP contribution in [0.5, 0.6) is 5.75 Å². The van der Waals surface area contributed by atoms with Crippen LogP contribution in [0.4, 0.5) is 5.69 Å². The molecule has 1 aromatic rings. The van der Waals surface area contributed by atoms with Gasteiger partial charge in [0.2, 0.25) is 0 Å². The number of terminal acetylenes is 1. The monoisotopic (exact) mass is 292 g/mol. The van der Waals surface area contributed by atoms with Crippen molar-refractivity contribution in [2.24, 2.45) is 0 Å². The number of ether oxygens (including phenoxy) is 2. The van der Waals surface area contributed by atoms with Gasteiger partial charge >= 0.3 is 0 Å². The van der Waals surface area contributed by atoms with Gasteiger partial charge in [0.1, 0.15) is 5.75 Å². The second kappa shape index (κ2) is 9.75. The van der Waals surface area contributed by atoms with Crippen molar-refractivity contribution in [3.8, 4) is 18.1 Å². The number of nitrogens with one attached hydrogen (secondary N) is 1. The zero-order valence-electron chi connectivity index (χ0n) is 12.1. The second-order valence-corrected chi connectivity index (χ2v) is 4.37. The number of nitro groups is 1. The van der Waals surface area contributed by atoms with E-state index in [-0.39, 0.29) is 5.69 Å². The van der Waals surface area contributed by atoms with Crippen molar-refractivity contribution >= 4 is 5.69 Å². The Morgan fingerprint density at radius 3 is 2.90 bits per heavy atom. The molecule has 21 heavy (non-hydrogen) atoms. The van der Waals surface area contributed by atoms with Crippen LogP contribution in [0.1, 0.15) is 18.4 Å². The lowest BCUT2D eigenvalue weighted by atomic mass is 10.1. The van der Waals surface area contributed by atoms with Crippen LogP contribution in [0.3, 0.4) is 0 Å². The molecular formula is C15H20N2O4. The molecule has 0 aromatic heterocycles. The Bertz CT molecular complexity index is 497. The molecule has 0 unspecified atom stereocenters. The van der Waals surface area contributed by atoms with Crippen LogP contribution in [-0.4, -0.2) is 31.8 Å². The van der Waals surface area contributed by atoms with Gasteiger partial charge in [-0.05, 0) is 12.5 Å². The van der Waals surface area contributed by atoms with Crippen molar-refractivity contribution in [2.45, 2.75) is 19.4 Å². The summed E-state index contributed by atoms with van der Waals surface area (Å²) < 4.78 is 10.6. The summed E-state index contributed by atoms with van der Waals surface area (Å²) in [4.78, 5) is 10.4. The second-order valence-electron chi connectivity index (χ2n) is 4.37. The molecule has 0 aliphatic heterocycles. The first-order valence-electron chi connectivity index (χ1n) is 6.72. The summed E-state index contributed by atoms with van der Waals surface area (Å²) in [6.45, 7) is 2.21. The van der Waals surface area contributed by atoms with Gasteiger partial charge in [-0.1, -0.05) is 0 Å². The Morgan fingerprint density at radius 1 is 1.43 bits per heavy atom. The Kier molecular flexibility index (Phi) is 7.87. The molecule has 0 saturated heterocycles. The van der Waals surface area contributed by atoms with E-state index < -0.39 is 4.92 Å². The molecule has 0 aliphatic carbocycles. The average Bonchev–Trinajstić information content (AvgIpc) is 2.48. The maximum Gasteiger partial charge on any atom is 0.270 e. The van der Waals surface area contributed by atoms with Gasteiger partial charge in [0.25, 0.3) is 5.69 Å². The van der Waals surface area contributed by atoms with Crippen LogP contribution in [0.25, 0.3) is 0 Å². The lowest BCUT2D eigenvalue weighted by molar-refractivity contribution is -0.384. The van der Waals surface area contributed by atoms with Gasteiger partial charge in [-0.2, -0.15) is 0 Å². The fourth-order valence-electron chi connectivity index (χ4n) is 1.71. The zero-order valence-corrected chi connectivity index (χ0v) is 12.1. The molecule has 0 saturated carbocycles. The van der Waals surface area contributed by atoms with Crippen molar-refractivity contribution in [1.29, 1.82) is 0 Å². The van der Waals surface area contributed by atoms with Crippen LogP contribution in [0.2, 0.25) is 0 Å². The van der Waals surface area contributed by atoms with E-state index in [0.29, 0.717) is 38.5 Å². The smallest absolute Gasteiger partial charge is 0.270 e. The summed E-state index contributed by atoms with van der Waals surface area (Å²) in [5, 5.41) is 14.0. The molecule has 1 N–H and O–H groups in total. The standard InChI is InChI=1S/C15H20N2O4/c1-3-4-5-9-21-15-7-6-14(17(18)19)11-13(15)12-16-8-10-20-2/h1,6-7,11,16H,4-5,8-10,12H2,2H3. The van der Waals surface area contributed by atoms with Gasteiger partial charge in [-0.25, -0.2) is 0 Å². The minimum absolute atomic E-state index is 0.0505. The summed E-state index contributed by atoms with van der Waals surface area (Å²) in [5.74, 6) is 3.19. The molecule has 0 amide bonds. The molecule has 0 spiro atoms. The normalized spacial score (nSPS) is 10.1. The third kappa shape index (κ3) is 6.25. The highest BCUT2D eigenvalue weighted by Crippen LogP contribution is 2.24. The van der Waals surface area contributed by atoms with Crippen molar-refractivity contribution in [2.75, 3.05) is 26.9 Å². The number of benzene rings is 1. The van der Waals surface area contributed by atoms with E-state index in [1.165, 1.54) is 12.1 Å². The zero-order chi connectivity index (χ0) is 15.5. The first-order chi connectivity index (χ1) is 10.2. The highest BCUT2D eigenvalue weighted by Gasteiger charge is 2.11. The van der Waals surface area contributed by atoms with Gasteiger partial charge in [0, 0.05) is 44.3 Å². The van der Waals surface area contributed by atoms with E-state index in [1.54, 1.807) is 13.2 Å². The number of unbranched alkanes of at least 4 members (excludes halogenated alkanes) is 1. The molecule has 114 valence electrons. The maximum absolute atomic E-state index is 10.8. The van der Waals surface area contributed by atoms with E-state index in [0.717, 1.165) is 12.0 Å². The van der Waals surface area contributed by atoms with Gasteiger partial charge in [-0.3, -0.25) is 10.1 Å². The molecule has 1 aromatic carbocycles. The summed E-state index contributed by atoms with van der Waals surface area (Å²) >= 11 is 0. The number of hydrogen-bond donors (Lipinski definition) is 1. The Hall–Kier alpha value is -2.10. The van der Waals surface area contributed by atoms with E-state index >= 15 is 0 Å². The Balaban J connectivity index is 2.69. The lowest BCUT2D eigenvalue weighted by Gasteiger charge is -2.12. The first kappa shape index (κ1) is 17.0.